The molecule has 132 valence electrons. The van der Waals surface area contributed by atoms with Crippen LogP contribution in [0.15, 0.2) is 12.2 Å². The highest BCUT2D eigenvalue weighted by Gasteiger charge is 2.62. The van der Waals surface area contributed by atoms with Gasteiger partial charge < -0.3 is 4.74 Å². The molecule has 0 aromatic carbocycles. The Balaban J connectivity index is 1.58. The van der Waals surface area contributed by atoms with Crippen LogP contribution in [-0.2, 0) is 4.74 Å². The summed E-state index contributed by atoms with van der Waals surface area (Å²) in [5.41, 5.74) is 0. The van der Waals surface area contributed by atoms with Gasteiger partial charge in [0.25, 0.3) is 0 Å². The first-order chi connectivity index (χ1) is 11.0. The fraction of sp³-hybridized carbons (Fsp3) is 0.900. The number of alkyl halides is 2. The molecule has 0 radical (unpaired) electrons. The van der Waals surface area contributed by atoms with E-state index in [0.29, 0.717) is 11.8 Å². The monoisotopic (exact) mass is 326 g/mol. The minimum Gasteiger partial charge on any atom is -0.316 e. The largest absolute Gasteiger partial charge is 0.361 e. The summed E-state index contributed by atoms with van der Waals surface area (Å²) in [5.74, 6) is 1.42. The van der Waals surface area contributed by atoms with Crippen molar-refractivity contribution in [2.24, 2.45) is 29.6 Å². The molecule has 0 amide bonds. The molecule has 3 aliphatic rings. The Morgan fingerprint density at radius 3 is 2.09 bits per heavy atom. The second-order valence-corrected chi connectivity index (χ2v) is 8.06. The van der Waals surface area contributed by atoms with Gasteiger partial charge in [-0.2, -0.15) is 8.78 Å². The quantitative estimate of drug-likeness (QED) is 0.559. The van der Waals surface area contributed by atoms with Gasteiger partial charge in [0.05, 0.1) is 12.0 Å². The molecule has 3 heteroatoms. The SMILES string of the molecule is C/C=C/[C@H]1CC[C@H]([C@H]2[C@H](C3CCC(CC)CC3)OC2(F)F)CC1. The lowest BCUT2D eigenvalue weighted by Crippen LogP contribution is -2.61. The molecule has 3 rings (SSSR count). The molecule has 1 saturated heterocycles. The Hall–Kier alpha value is -0.440. The van der Waals surface area contributed by atoms with E-state index in [4.69, 9.17) is 4.74 Å². The highest BCUT2D eigenvalue weighted by Crippen LogP contribution is 2.55. The molecule has 0 unspecified atom stereocenters. The van der Waals surface area contributed by atoms with Crippen LogP contribution in [0.1, 0.15) is 71.6 Å². The standard InChI is InChI=1S/C20H32F2O/c1-3-5-15-8-10-16(11-9-15)18-19(23-20(18,21)22)17-12-6-14(4-2)7-13-17/h3,5,14-19H,4,6-13H2,1-2H3/b5-3+/t14?,15-,16-,17?,18-,19-/m0/s1. The lowest BCUT2D eigenvalue weighted by Gasteiger charge is -2.53. The van der Waals surface area contributed by atoms with E-state index >= 15 is 0 Å². The lowest BCUT2D eigenvalue weighted by molar-refractivity contribution is -0.418. The summed E-state index contributed by atoms with van der Waals surface area (Å²) in [7, 11) is 0. The highest BCUT2D eigenvalue weighted by molar-refractivity contribution is 4.99. The predicted octanol–water partition coefficient (Wildman–Crippen LogP) is 6.19. The zero-order valence-corrected chi connectivity index (χ0v) is 14.6. The van der Waals surface area contributed by atoms with Crippen LogP contribution in [-0.4, -0.2) is 12.2 Å². The molecule has 0 spiro atoms. The van der Waals surface area contributed by atoms with Crippen molar-refractivity contribution in [3.05, 3.63) is 12.2 Å². The van der Waals surface area contributed by atoms with E-state index in [0.717, 1.165) is 44.4 Å². The fourth-order valence-corrected chi connectivity index (χ4v) is 5.28. The average Bonchev–Trinajstić information content (AvgIpc) is 2.55. The topological polar surface area (TPSA) is 9.23 Å². The molecule has 1 aliphatic heterocycles. The molecule has 1 heterocycles. The number of hydrogen-bond acceptors (Lipinski definition) is 1. The molecular formula is C20H32F2O. The molecule has 0 aromatic heterocycles. The van der Waals surface area contributed by atoms with Crippen molar-refractivity contribution in [1.82, 2.24) is 0 Å². The Bertz CT molecular complexity index is 404. The maximum Gasteiger partial charge on any atom is 0.361 e. The molecule has 0 N–H and O–H groups in total. The minimum atomic E-state index is -2.87. The Labute approximate surface area is 139 Å². The second-order valence-electron chi connectivity index (χ2n) is 8.06. The third kappa shape index (κ3) is 3.65. The molecule has 0 bridgehead atoms. The van der Waals surface area contributed by atoms with Crippen LogP contribution >= 0.6 is 0 Å². The van der Waals surface area contributed by atoms with Gasteiger partial charge in [0.15, 0.2) is 0 Å². The van der Waals surface area contributed by atoms with Crippen LogP contribution in [0.25, 0.3) is 0 Å². The summed E-state index contributed by atoms with van der Waals surface area (Å²) < 4.78 is 33.4. The minimum absolute atomic E-state index is 0.161. The van der Waals surface area contributed by atoms with Crippen molar-refractivity contribution >= 4 is 0 Å². The van der Waals surface area contributed by atoms with Gasteiger partial charge in [-0.1, -0.05) is 38.3 Å². The number of rotatable bonds is 4. The second kappa shape index (κ2) is 7.21. The van der Waals surface area contributed by atoms with E-state index in [-0.39, 0.29) is 12.0 Å². The first-order valence-corrected chi connectivity index (χ1v) is 9.73. The van der Waals surface area contributed by atoms with E-state index in [1.165, 1.54) is 19.3 Å². The molecule has 2 saturated carbocycles. The van der Waals surface area contributed by atoms with Gasteiger partial charge in [0.2, 0.25) is 0 Å². The van der Waals surface area contributed by atoms with Crippen molar-refractivity contribution in [1.29, 1.82) is 0 Å². The van der Waals surface area contributed by atoms with Crippen LogP contribution in [0.2, 0.25) is 0 Å². The molecule has 3 fully saturated rings. The van der Waals surface area contributed by atoms with Crippen LogP contribution in [0.3, 0.4) is 0 Å². The van der Waals surface area contributed by atoms with Crippen molar-refractivity contribution in [2.75, 3.05) is 0 Å². The highest BCUT2D eigenvalue weighted by atomic mass is 19.3. The first-order valence-electron chi connectivity index (χ1n) is 9.73. The van der Waals surface area contributed by atoms with Gasteiger partial charge in [0.1, 0.15) is 0 Å². The summed E-state index contributed by atoms with van der Waals surface area (Å²) in [6.07, 6.45) is 11.1. The van der Waals surface area contributed by atoms with E-state index in [9.17, 15) is 8.78 Å². The van der Waals surface area contributed by atoms with Crippen LogP contribution < -0.4 is 0 Å². The summed E-state index contributed by atoms with van der Waals surface area (Å²) in [5, 5.41) is 0. The van der Waals surface area contributed by atoms with Crippen molar-refractivity contribution in [2.45, 2.75) is 83.8 Å². The molecule has 2 atom stereocenters. The van der Waals surface area contributed by atoms with Gasteiger partial charge in [-0.15, -0.1) is 0 Å². The van der Waals surface area contributed by atoms with Crippen molar-refractivity contribution in [3.63, 3.8) is 0 Å². The van der Waals surface area contributed by atoms with Gasteiger partial charge in [-0.25, -0.2) is 0 Å². The molecular weight excluding hydrogens is 294 g/mol. The van der Waals surface area contributed by atoms with Crippen molar-refractivity contribution in [3.8, 4) is 0 Å². The smallest absolute Gasteiger partial charge is 0.316 e. The number of ether oxygens (including phenoxy) is 1. The zero-order chi connectivity index (χ0) is 16.4. The predicted molar refractivity (Wildman–Crippen MR) is 89.3 cm³/mol. The maximum atomic E-state index is 14.1. The summed E-state index contributed by atoms with van der Waals surface area (Å²) in [6, 6.07) is 0. The number of halogens is 2. The van der Waals surface area contributed by atoms with Gasteiger partial charge in [0, 0.05) is 0 Å². The van der Waals surface area contributed by atoms with E-state index in [1.54, 1.807) is 0 Å². The molecule has 23 heavy (non-hydrogen) atoms. The summed E-state index contributed by atoms with van der Waals surface area (Å²) in [6.45, 7) is 4.29. The lowest BCUT2D eigenvalue weighted by atomic mass is 9.66. The average molecular weight is 326 g/mol. The Morgan fingerprint density at radius 2 is 1.57 bits per heavy atom. The summed E-state index contributed by atoms with van der Waals surface area (Å²) in [4.78, 5) is 0. The number of hydrogen-bond donors (Lipinski definition) is 0. The fourth-order valence-electron chi connectivity index (χ4n) is 5.28. The van der Waals surface area contributed by atoms with Crippen LogP contribution in [0.5, 0.6) is 0 Å². The van der Waals surface area contributed by atoms with E-state index < -0.39 is 12.0 Å². The third-order valence-corrected chi connectivity index (χ3v) is 6.76. The van der Waals surface area contributed by atoms with Gasteiger partial charge in [-0.05, 0) is 69.1 Å². The van der Waals surface area contributed by atoms with Crippen molar-refractivity contribution < 1.29 is 13.5 Å². The van der Waals surface area contributed by atoms with E-state index in [2.05, 4.69) is 19.1 Å². The molecule has 2 aliphatic carbocycles. The van der Waals surface area contributed by atoms with Gasteiger partial charge in [-0.3, -0.25) is 0 Å². The number of allylic oxidation sites excluding steroid dienone is 2. The van der Waals surface area contributed by atoms with Crippen LogP contribution in [0, 0.1) is 29.6 Å². The molecule has 1 nitrogen and oxygen atoms in total. The maximum absolute atomic E-state index is 14.1. The zero-order valence-electron chi connectivity index (χ0n) is 14.6. The molecule has 0 aromatic rings. The third-order valence-electron chi connectivity index (χ3n) is 6.76. The van der Waals surface area contributed by atoms with Crippen LogP contribution in [0.4, 0.5) is 8.78 Å². The first kappa shape index (κ1) is 17.4. The normalized spacial score (nSPS) is 44.2. The Kier molecular flexibility index (Phi) is 5.45. The van der Waals surface area contributed by atoms with Gasteiger partial charge >= 0.3 is 6.11 Å². The van der Waals surface area contributed by atoms with E-state index in [1.807, 2.05) is 6.92 Å². The summed E-state index contributed by atoms with van der Waals surface area (Å²) >= 11 is 0. The Morgan fingerprint density at radius 1 is 0.957 bits per heavy atom.